The van der Waals surface area contributed by atoms with Crippen LogP contribution in [0.1, 0.15) is 17.7 Å². The van der Waals surface area contributed by atoms with Crippen molar-refractivity contribution in [3.63, 3.8) is 0 Å². The van der Waals surface area contributed by atoms with Crippen LogP contribution in [-0.4, -0.2) is 26.1 Å². The number of pyridine rings is 2. The molecule has 4 heterocycles. The molecule has 3 aromatic rings. The van der Waals surface area contributed by atoms with Crippen molar-refractivity contribution in [2.45, 2.75) is 19.8 Å². The molecule has 1 aliphatic heterocycles. The SMILES string of the molecule is Cc1cc2c(N3CCCc4nc(Cl)ncc43)nc(Cl)cc2n(C)c1=O. The van der Waals surface area contributed by atoms with Crippen LogP contribution in [-0.2, 0) is 13.5 Å². The van der Waals surface area contributed by atoms with Crippen molar-refractivity contribution in [1.29, 1.82) is 0 Å². The summed E-state index contributed by atoms with van der Waals surface area (Å²) < 4.78 is 1.60. The second kappa shape index (κ2) is 5.97. The lowest BCUT2D eigenvalue weighted by molar-refractivity contribution is 0.734. The molecule has 3 aromatic heterocycles. The monoisotopic (exact) mass is 375 g/mol. The van der Waals surface area contributed by atoms with E-state index < -0.39 is 0 Å². The molecule has 0 radical (unpaired) electrons. The highest BCUT2D eigenvalue weighted by molar-refractivity contribution is 6.30. The van der Waals surface area contributed by atoms with Gasteiger partial charge in [-0.1, -0.05) is 11.6 Å². The minimum Gasteiger partial charge on any atom is -0.323 e. The zero-order valence-corrected chi connectivity index (χ0v) is 15.3. The van der Waals surface area contributed by atoms with Gasteiger partial charge in [0.05, 0.1) is 23.1 Å². The summed E-state index contributed by atoms with van der Waals surface area (Å²) in [7, 11) is 1.74. The first kappa shape index (κ1) is 16.3. The first-order valence-corrected chi connectivity index (χ1v) is 8.67. The van der Waals surface area contributed by atoms with Crippen LogP contribution in [0.15, 0.2) is 23.1 Å². The van der Waals surface area contributed by atoms with Crippen molar-refractivity contribution < 1.29 is 0 Å². The average Bonchev–Trinajstić information content (AvgIpc) is 2.59. The number of nitrogens with zero attached hydrogens (tertiary/aromatic N) is 5. The summed E-state index contributed by atoms with van der Waals surface area (Å²) >= 11 is 12.2. The van der Waals surface area contributed by atoms with Gasteiger partial charge in [-0.2, -0.15) is 0 Å². The topological polar surface area (TPSA) is 63.9 Å². The molecule has 128 valence electrons. The predicted octanol–water partition coefficient (Wildman–Crippen LogP) is 3.42. The predicted molar refractivity (Wildman–Crippen MR) is 99.1 cm³/mol. The molecule has 0 bridgehead atoms. The van der Waals surface area contributed by atoms with E-state index >= 15 is 0 Å². The molecule has 0 saturated carbocycles. The van der Waals surface area contributed by atoms with Crippen LogP contribution in [0, 0.1) is 6.92 Å². The van der Waals surface area contributed by atoms with Gasteiger partial charge in [0.15, 0.2) is 0 Å². The van der Waals surface area contributed by atoms with Gasteiger partial charge in [-0.15, -0.1) is 0 Å². The number of rotatable bonds is 1. The van der Waals surface area contributed by atoms with Gasteiger partial charge in [0.2, 0.25) is 5.28 Å². The van der Waals surface area contributed by atoms with E-state index in [0.29, 0.717) is 16.5 Å². The van der Waals surface area contributed by atoms with Crippen LogP contribution in [0.2, 0.25) is 10.4 Å². The maximum atomic E-state index is 12.3. The number of anilines is 2. The Morgan fingerprint density at radius 1 is 1.20 bits per heavy atom. The van der Waals surface area contributed by atoms with Crippen molar-refractivity contribution in [2.24, 2.45) is 7.05 Å². The molecule has 0 N–H and O–H groups in total. The molecule has 0 amide bonds. The van der Waals surface area contributed by atoms with Gasteiger partial charge < -0.3 is 9.47 Å². The number of halogens is 2. The van der Waals surface area contributed by atoms with Gasteiger partial charge in [-0.25, -0.2) is 15.0 Å². The zero-order chi connectivity index (χ0) is 17.7. The molecule has 0 saturated heterocycles. The fourth-order valence-electron chi connectivity index (χ4n) is 3.31. The summed E-state index contributed by atoms with van der Waals surface area (Å²) in [4.78, 5) is 27.3. The fraction of sp³-hybridized carbons (Fsp3) is 0.294. The summed E-state index contributed by atoms with van der Waals surface area (Å²) in [5.41, 5.74) is 3.12. The van der Waals surface area contributed by atoms with Gasteiger partial charge in [-0.3, -0.25) is 4.79 Å². The summed E-state index contributed by atoms with van der Waals surface area (Å²) in [5, 5.41) is 1.44. The third-order valence-corrected chi connectivity index (χ3v) is 4.88. The summed E-state index contributed by atoms with van der Waals surface area (Å²) in [6.45, 7) is 2.56. The third kappa shape index (κ3) is 2.65. The molecule has 8 heteroatoms. The molecule has 1 aliphatic rings. The Bertz CT molecular complexity index is 1060. The standard InChI is InChI=1S/C17H15Cl2N5O/c1-9-6-10-12(23(2)16(9)25)7-14(18)22-15(10)24-5-3-4-11-13(24)8-20-17(19)21-11/h6-8H,3-5H2,1-2H3. The molecular weight excluding hydrogens is 361 g/mol. The second-order valence-electron chi connectivity index (χ2n) is 6.12. The lowest BCUT2D eigenvalue weighted by Gasteiger charge is -2.30. The number of aryl methyl sites for hydroxylation is 3. The summed E-state index contributed by atoms with van der Waals surface area (Å²) in [6.07, 6.45) is 3.47. The van der Waals surface area contributed by atoms with E-state index in [1.165, 1.54) is 0 Å². The third-order valence-electron chi connectivity index (χ3n) is 4.51. The van der Waals surface area contributed by atoms with Crippen molar-refractivity contribution in [3.05, 3.63) is 50.4 Å². The smallest absolute Gasteiger partial charge is 0.253 e. The summed E-state index contributed by atoms with van der Waals surface area (Å²) in [6, 6.07) is 3.58. The Kier molecular flexibility index (Phi) is 3.89. The molecule has 0 fully saturated rings. The van der Waals surface area contributed by atoms with Crippen LogP contribution < -0.4 is 10.5 Å². The van der Waals surface area contributed by atoms with Crippen molar-refractivity contribution in [3.8, 4) is 0 Å². The van der Waals surface area contributed by atoms with Crippen LogP contribution in [0.3, 0.4) is 0 Å². The van der Waals surface area contributed by atoms with E-state index in [1.807, 2.05) is 11.0 Å². The quantitative estimate of drug-likeness (QED) is 0.481. The lowest BCUT2D eigenvalue weighted by Crippen LogP contribution is -2.27. The fourth-order valence-corrected chi connectivity index (χ4v) is 3.65. The van der Waals surface area contributed by atoms with Gasteiger partial charge in [0.1, 0.15) is 11.0 Å². The molecule has 0 spiro atoms. The van der Waals surface area contributed by atoms with Gasteiger partial charge in [-0.05, 0) is 37.4 Å². The molecule has 0 unspecified atom stereocenters. The first-order valence-electron chi connectivity index (χ1n) is 7.91. The highest BCUT2D eigenvalue weighted by atomic mass is 35.5. The Hall–Kier alpha value is -2.18. The summed E-state index contributed by atoms with van der Waals surface area (Å²) in [5.74, 6) is 0.702. The van der Waals surface area contributed by atoms with Gasteiger partial charge in [0.25, 0.3) is 5.56 Å². The Morgan fingerprint density at radius 3 is 2.80 bits per heavy atom. The molecule has 0 atom stereocenters. The van der Waals surface area contributed by atoms with Gasteiger partial charge in [0, 0.05) is 30.6 Å². The van der Waals surface area contributed by atoms with Crippen LogP contribution >= 0.6 is 23.2 Å². The molecule has 0 aromatic carbocycles. The largest absolute Gasteiger partial charge is 0.323 e. The van der Waals surface area contributed by atoms with Crippen molar-refractivity contribution >= 4 is 45.6 Å². The van der Waals surface area contributed by atoms with Crippen molar-refractivity contribution in [2.75, 3.05) is 11.4 Å². The van der Waals surface area contributed by atoms with E-state index in [9.17, 15) is 4.79 Å². The lowest BCUT2D eigenvalue weighted by atomic mass is 10.1. The normalized spacial score (nSPS) is 14.0. The highest BCUT2D eigenvalue weighted by Gasteiger charge is 2.24. The number of hydrogen-bond donors (Lipinski definition) is 0. The van der Waals surface area contributed by atoms with Crippen LogP contribution in [0.4, 0.5) is 11.5 Å². The Labute approximate surface area is 154 Å². The maximum absolute atomic E-state index is 12.3. The molecule has 0 aliphatic carbocycles. The van der Waals surface area contributed by atoms with E-state index in [0.717, 1.165) is 41.7 Å². The minimum atomic E-state index is -0.0464. The zero-order valence-electron chi connectivity index (χ0n) is 13.8. The molecule has 6 nitrogen and oxygen atoms in total. The molecular formula is C17H15Cl2N5O. The van der Waals surface area contributed by atoms with Gasteiger partial charge >= 0.3 is 0 Å². The Morgan fingerprint density at radius 2 is 2.00 bits per heavy atom. The highest BCUT2D eigenvalue weighted by Crippen LogP contribution is 2.36. The van der Waals surface area contributed by atoms with E-state index in [1.54, 1.807) is 30.8 Å². The average molecular weight is 376 g/mol. The number of fused-ring (bicyclic) bond motifs is 2. The van der Waals surface area contributed by atoms with Crippen LogP contribution in [0.25, 0.3) is 10.9 Å². The Balaban J connectivity index is 2.01. The van der Waals surface area contributed by atoms with Crippen LogP contribution in [0.5, 0.6) is 0 Å². The molecule has 4 rings (SSSR count). The van der Waals surface area contributed by atoms with E-state index in [-0.39, 0.29) is 10.8 Å². The van der Waals surface area contributed by atoms with E-state index in [4.69, 9.17) is 23.2 Å². The first-order chi connectivity index (χ1) is 12.0. The minimum absolute atomic E-state index is 0.0464. The maximum Gasteiger partial charge on any atom is 0.253 e. The second-order valence-corrected chi connectivity index (χ2v) is 6.84. The number of hydrogen-bond acceptors (Lipinski definition) is 5. The van der Waals surface area contributed by atoms with E-state index in [2.05, 4.69) is 15.0 Å². The molecule has 25 heavy (non-hydrogen) atoms. The number of aromatic nitrogens is 4. The van der Waals surface area contributed by atoms with Crippen molar-refractivity contribution in [1.82, 2.24) is 19.5 Å².